The van der Waals surface area contributed by atoms with Crippen molar-refractivity contribution < 1.29 is 19.1 Å². The molecule has 0 aliphatic rings. The molecule has 1 aromatic rings. The molecule has 0 aliphatic heterocycles. The first-order valence-corrected chi connectivity index (χ1v) is 5.64. The van der Waals surface area contributed by atoms with E-state index in [0.717, 1.165) is 4.90 Å². The molecule has 98 valence electrons. The molecule has 0 aliphatic carbocycles. The standard InChI is InChI=1S/C12H13ClFNO3/c1-7(12(17)18)6-15(2)11(16)8-4-3-5-9(13)10(8)14/h3-5,7H,6H2,1-2H3,(H,17,18). The number of carboxylic acids is 1. The molecule has 18 heavy (non-hydrogen) atoms. The first kappa shape index (κ1) is 14.4. The van der Waals surface area contributed by atoms with Crippen LogP contribution >= 0.6 is 11.6 Å². The Labute approximate surface area is 109 Å². The van der Waals surface area contributed by atoms with Gasteiger partial charge in [0.25, 0.3) is 5.91 Å². The van der Waals surface area contributed by atoms with Gasteiger partial charge in [0, 0.05) is 13.6 Å². The SMILES string of the molecule is CC(CN(C)C(=O)c1cccc(Cl)c1F)C(=O)O. The Kier molecular flexibility index (Phi) is 4.67. The van der Waals surface area contributed by atoms with Gasteiger partial charge >= 0.3 is 5.97 Å². The highest BCUT2D eigenvalue weighted by Gasteiger charge is 2.21. The molecule has 0 aromatic heterocycles. The summed E-state index contributed by atoms with van der Waals surface area (Å²) in [6, 6.07) is 4.12. The lowest BCUT2D eigenvalue weighted by Gasteiger charge is -2.19. The average Bonchev–Trinajstić information content (AvgIpc) is 2.31. The smallest absolute Gasteiger partial charge is 0.308 e. The van der Waals surface area contributed by atoms with Crippen molar-refractivity contribution in [2.75, 3.05) is 13.6 Å². The predicted octanol–water partition coefficient (Wildman–Crippen LogP) is 2.27. The summed E-state index contributed by atoms with van der Waals surface area (Å²) in [6.07, 6.45) is 0. The van der Waals surface area contributed by atoms with Crippen LogP contribution in [0.1, 0.15) is 17.3 Å². The molecular weight excluding hydrogens is 261 g/mol. The van der Waals surface area contributed by atoms with Gasteiger partial charge in [0.15, 0.2) is 5.82 Å². The van der Waals surface area contributed by atoms with Gasteiger partial charge in [-0.1, -0.05) is 24.6 Å². The lowest BCUT2D eigenvalue weighted by molar-refractivity contribution is -0.141. The topological polar surface area (TPSA) is 57.6 Å². The van der Waals surface area contributed by atoms with E-state index in [4.69, 9.17) is 16.7 Å². The Morgan fingerprint density at radius 2 is 2.11 bits per heavy atom. The van der Waals surface area contributed by atoms with E-state index in [-0.39, 0.29) is 17.1 Å². The highest BCUT2D eigenvalue weighted by Crippen LogP contribution is 2.19. The van der Waals surface area contributed by atoms with Gasteiger partial charge in [0.2, 0.25) is 0 Å². The summed E-state index contributed by atoms with van der Waals surface area (Å²) in [6.45, 7) is 1.47. The second-order valence-corrected chi connectivity index (χ2v) is 4.43. The van der Waals surface area contributed by atoms with Crippen molar-refractivity contribution in [3.8, 4) is 0 Å². The summed E-state index contributed by atoms with van der Waals surface area (Å²) in [5.41, 5.74) is -0.164. The van der Waals surface area contributed by atoms with Gasteiger partial charge in [-0.05, 0) is 12.1 Å². The second-order valence-electron chi connectivity index (χ2n) is 4.03. The third-order valence-electron chi connectivity index (χ3n) is 2.50. The van der Waals surface area contributed by atoms with Crippen molar-refractivity contribution >= 4 is 23.5 Å². The largest absolute Gasteiger partial charge is 0.481 e. The molecule has 1 N–H and O–H groups in total. The predicted molar refractivity (Wildman–Crippen MR) is 65.2 cm³/mol. The molecule has 0 heterocycles. The number of hydrogen-bond donors (Lipinski definition) is 1. The Bertz CT molecular complexity index is 478. The van der Waals surface area contributed by atoms with E-state index in [0.29, 0.717) is 0 Å². The summed E-state index contributed by atoms with van der Waals surface area (Å²) < 4.78 is 13.6. The van der Waals surface area contributed by atoms with Crippen LogP contribution in [-0.4, -0.2) is 35.5 Å². The number of amides is 1. The minimum atomic E-state index is -1.01. The van der Waals surface area contributed by atoms with Crippen LogP contribution in [0.4, 0.5) is 4.39 Å². The van der Waals surface area contributed by atoms with Crippen LogP contribution in [0.3, 0.4) is 0 Å². The summed E-state index contributed by atoms with van der Waals surface area (Å²) in [5, 5.41) is 8.61. The van der Waals surface area contributed by atoms with Gasteiger partial charge in [-0.15, -0.1) is 0 Å². The Morgan fingerprint density at radius 1 is 1.50 bits per heavy atom. The molecule has 4 nitrogen and oxygen atoms in total. The summed E-state index contributed by atoms with van der Waals surface area (Å²) in [5.74, 6) is -3.12. The molecule has 1 unspecified atom stereocenters. The van der Waals surface area contributed by atoms with Crippen LogP contribution < -0.4 is 0 Å². The van der Waals surface area contributed by atoms with E-state index in [9.17, 15) is 14.0 Å². The molecule has 0 bridgehead atoms. The van der Waals surface area contributed by atoms with E-state index in [2.05, 4.69) is 0 Å². The first-order chi connectivity index (χ1) is 8.34. The van der Waals surface area contributed by atoms with Crippen LogP contribution in [0.15, 0.2) is 18.2 Å². The molecule has 0 saturated heterocycles. The number of rotatable bonds is 4. The summed E-state index contributed by atoms with van der Waals surface area (Å²) >= 11 is 5.58. The van der Waals surface area contributed by atoms with Gasteiger partial charge < -0.3 is 10.0 Å². The highest BCUT2D eigenvalue weighted by molar-refractivity contribution is 6.31. The average molecular weight is 274 g/mol. The van der Waals surface area contributed by atoms with Crippen LogP contribution in [0.2, 0.25) is 5.02 Å². The monoisotopic (exact) mass is 273 g/mol. The molecule has 1 rings (SSSR count). The molecule has 6 heteroatoms. The van der Waals surface area contributed by atoms with Gasteiger partial charge in [-0.2, -0.15) is 0 Å². The van der Waals surface area contributed by atoms with Crippen molar-refractivity contribution in [3.63, 3.8) is 0 Å². The van der Waals surface area contributed by atoms with Gasteiger partial charge in [-0.3, -0.25) is 9.59 Å². The number of halogens is 2. The van der Waals surface area contributed by atoms with Crippen molar-refractivity contribution in [1.29, 1.82) is 0 Å². The molecule has 0 radical (unpaired) electrons. The lowest BCUT2D eigenvalue weighted by Crippen LogP contribution is -2.34. The maximum atomic E-state index is 13.6. The first-order valence-electron chi connectivity index (χ1n) is 5.27. The van der Waals surface area contributed by atoms with E-state index >= 15 is 0 Å². The van der Waals surface area contributed by atoms with Gasteiger partial charge in [-0.25, -0.2) is 4.39 Å². The fourth-order valence-electron chi connectivity index (χ4n) is 1.45. The zero-order valence-corrected chi connectivity index (χ0v) is 10.7. The minimum absolute atomic E-state index is 0.000119. The summed E-state index contributed by atoms with van der Waals surface area (Å²) in [7, 11) is 1.42. The molecule has 0 saturated carbocycles. The van der Waals surface area contributed by atoms with E-state index < -0.39 is 23.6 Å². The van der Waals surface area contributed by atoms with Crippen LogP contribution in [0.25, 0.3) is 0 Å². The van der Waals surface area contributed by atoms with E-state index in [1.807, 2.05) is 0 Å². The Morgan fingerprint density at radius 3 is 2.67 bits per heavy atom. The number of carbonyl (C=O) groups is 2. The Hall–Kier alpha value is -1.62. The third kappa shape index (κ3) is 3.20. The third-order valence-corrected chi connectivity index (χ3v) is 2.79. The molecule has 1 atom stereocenters. The molecule has 0 spiro atoms. The maximum Gasteiger partial charge on any atom is 0.308 e. The van der Waals surface area contributed by atoms with Crippen LogP contribution in [0.5, 0.6) is 0 Å². The quantitative estimate of drug-likeness (QED) is 0.915. The fraction of sp³-hybridized carbons (Fsp3) is 0.333. The highest BCUT2D eigenvalue weighted by atomic mass is 35.5. The maximum absolute atomic E-state index is 13.6. The van der Waals surface area contributed by atoms with Crippen LogP contribution in [0, 0.1) is 11.7 Å². The van der Waals surface area contributed by atoms with Crippen molar-refractivity contribution in [2.24, 2.45) is 5.92 Å². The summed E-state index contributed by atoms with van der Waals surface area (Å²) in [4.78, 5) is 23.8. The van der Waals surface area contributed by atoms with Crippen molar-refractivity contribution in [1.82, 2.24) is 4.90 Å². The number of aliphatic carboxylic acids is 1. The molecule has 1 aromatic carbocycles. The van der Waals surface area contributed by atoms with Crippen molar-refractivity contribution in [2.45, 2.75) is 6.92 Å². The molecule has 1 amide bonds. The van der Waals surface area contributed by atoms with Crippen LogP contribution in [-0.2, 0) is 4.79 Å². The van der Waals surface area contributed by atoms with Gasteiger partial charge in [0.05, 0.1) is 16.5 Å². The van der Waals surface area contributed by atoms with E-state index in [1.165, 1.54) is 32.2 Å². The number of carboxylic acid groups (broad SMARTS) is 1. The zero-order valence-electron chi connectivity index (χ0n) is 9.98. The minimum Gasteiger partial charge on any atom is -0.481 e. The number of hydrogen-bond acceptors (Lipinski definition) is 2. The van der Waals surface area contributed by atoms with Crippen molar-refractivity contribution in [3.05, 3.63) is 34.6 Å². The number of nitrogens with zero attached hydrogens (tertiary/aromatic N) is 1. The molecular formula is C12H13ClFNO3. The Balaban J connectivity index is 2.87. The second kappa shape index (κ2) is 5.82. The van der Waals surface area contributed by atoms with E-state index in [1.54, 1.807) is 0 Å². The fourth-order valence-corrected chi connectivity index (χ4v) is 1.62. The normalized spacial score (nSPS) is 12.0. The number of benzene rings is 1. The zero-order chi connectivity index (χ0) is 13.9. The molecule has 0 fully saturated rings. The van der Waals surface area contributed by atoms with Gasteiger partial charge in [0.1, 0.15) is 0 Å². The number of carbonyl (C=O) groups excluding carboxylic acids is 1. The lowest BCUT2D eigenvalue weighted by atomic mass is 10.1.